The molecule has 0 heterocycles. The average molecular weight is 428 g/mol. The van der Waals surface area contributed by atoms with E-state index in [0.717, 1.165) is 5.56 Å². The molecule has 0 radical (unpaired) electrons. The van der Waals surface area contributed by atoms with E-state index in [1.165, 1.54) is 54.6 Å². The number of allylic oxidation sites excluding steroid dienone is 1. The van der Waals surface area contributed by atoms with E-state index in [9.17, 15) is 18.3 Å². The zero-order chi connectivity index (χ0) is 21.0. The van der Waals surface area contributed by atoms with Crippen molar-refractivity contribution in [1.82, 2.24) is 0 Å². The number of halogens is 1. The van der Waals surface area contributed by atoms with Crippen LogP contribution in [0.2, 0.25) is 5.02 Å². The number of hydrogen-bond acceptors (Lipinski definition) is 4. The van der Waals surface area contributed by atoms with Crippen molar-refractivity contribution in [2.75, 3.05) is 4.72 Å². The smallest absolute Gasteiger partial charge is 0.261 e. The minimum atomic E-state index is -3.71. The van der Waals surface area contributed by atoms with Crippen LogP contribution in [0.3, 0.4) is 0 Å². The van der Waals surface area contributed by atoms with Gasteiger partial charge in [-0.15, -0.1) is 0 Å². The van der Waals surface area contributed by atoms with E-state index in [4.69, 9.17) is 11.6 Å². The van der Waals surface area contributed by atoms with Crippen molar-refractivity contribution >= 4 is 39.2 Å². The van der Waals surface area contributed by atoms with Gasteiger partial charge in [-0.25, -0.2) is 8.42 Å². The van der Waals surface area contributed by atoms with Crippen LogP contribution >= 0.6 is 11.6 Å². The second kappa shape index (κ2) is 8.51. The number of sulfonamides is 1. The first-order valence-electron chi connectivity index (χ1n) is 8.65. The molecule has 0 fully saturated rings. The van der Waals surface area contributed by atoms with E-state index in [2.05, 4.69) is 4.72 Å². The van der Waals surface area contributed by atoms with Crippen LogP contribution in [0.4, 0.5) is 5.69 Å². The number of carbonyl (C=O) groups is 1. The van der Waals surface area contributed by atoms with Crippen LogP contribution in [0.25, 0.3) is 6.08 Å². The molecule has 0 spiro atoms. The Labute approximate surface area is 174 Å². The maximum atomic E-state index is 12.4. The van der Waals surface area contributed by atoms with Gasteiger partial charge in [0.05, 0.1) is 4.90 Å². The minimum Gasteiger partial charge on any atom is -0.507 e. The Kier molecular flexibility index (Phi) is 6.06. The molecular formula is C22H18ClNO4S. The van der Waals surface area contributed by atoms with Gasteiger partial charge in [0.2, 0.25) is 0 Å². The number of aromatic hydroxyl groups is 1. The Morgan fingerprint density at radius 3 is 2.31 bits per heavy atom. The number of carbonyl (C=O) groups excluding carboxylic acids is 1. The van der Waals surface area contributed by atoms with Gasteiger partial charge < -0.3 is 5.11 Å². The highest BCUT2D eigenvalue weighted by atomic mass is 35.5. The summed E-state index contributed by atoms with van der Waals surface area (Å²) >= 11 is 5.89. The molecule has 0 saturated carbocycles. The summed E-state index contributed by atoms with van der Waals surface area (Å²) in [7, 11) is -3.71. The van der Waals surface area contributed by atoms with Crippen molar-refractivity contribution in [3.05, 3.63) is 94.5 Å². The monoisotopic (exact) mass is 427 g/mol. The van der Waals surface area contributed by atoms with Crippen molar-refractivity contribution in [3.8, 4) is 5.75 Å². The number of phenols is 1. The quantitative estimate of drug-likeness (QED) is 0.426. The van der Waals surface area contributed by atoms with Crippen LogP contribution in [0.1, 0.15) is 21.5 Å². The standard InChI is InChI=1S/C22H18ClNO4S/c1-15-2-10-20(11-3-15)29(27,28)24-19-8-4-16(5-9-19)21(25)12-6-17-14-18(23)7-13-22(17)26/h2-14,24,26H,1H3. The maximum absolute atomic E-state index is 12.4. The van der Waals surface area contributed by atoms with Gasteiger partial charge in [-0.1, -0.05) is 29.3 Å². The molecule has 2 N–H and O–H groups in total. The SMILES string of the molecule is Cc1ccc(S(=O)(=O)Nc2ccc(C(=O)C=Cc3cc(Cl)ccc3O)cc2)cc1. The van der Waals surface area contributed by atoms with E-state index in [-0.39, 0.29) is 16.4 Å². The van der Waals surface area contributed by atoms with Crippen molar-refractivity contribution in [2.24, 2.45) is 0 Å². The molecule has 5 nitrogen and oxygen atoms in total. The van der Waals surface area contributed by atoms with Crippen LogP contribution in [0, 0.1) is 6.92 Å². The van der Waals surface area contributed by atoms with E-state index in [0.29, 0.717) is 21.8 Å². The topological polar surface area (TPSA) is 83.5 Å². The number of anilines is 1. The Bertz CT molecular complexity index is 1170. The van der Waals surface area contributed by atoms with Gasteiger partial charge in [-0.3, -0.25) is 9.52 Å². The van der Waals surface area contributed by atoms with Gasteiger partial charge in [0.1, 0.15) is 5.75 Å². The fourth-order valence-corrected chi connectivity index (χ4v) is 3.79. The summed E-state index contributed by atoms with van der Waals surface area (Å²) in [6, 6.07) is 17.1. The molecule has 3 rings (SSSR count). The molecule has 148 valence electrons. The molecule has 3 aromatic carbocycles. The normalized spacial score (nSPS) is 11.5. The van der Waals surface area contributed by atoms with Crippen LogP contribution in [0.5, 0.6) is 5.75 Å². The third kappa shape index (κ3) is 5.25. The van der Waals surface area contributed by atoms with Gasteiger partial charge in [-0.05, 0) is 73.7 Å². The summed E-state index contributed by atoms with van der Waals surface area (Å²) in [5, 5.41) is 10.2. The largest absolute Gasteiger partial charge is 0.507 e. The molecule has 0 unspecified atom stereocenters. The first-order chi connectivity index (χ1) is 13.7. The van der Waals surface area contributed by atoms with E-state index in [1.54, 1.807) is 24.3 Å². The van der Waals surface area contributed by atoms with Gasteiger partial charge in [0, 0.05) is 21.8 Å². The molecule has 7 heteroatoms. The van der Waals surface area contributed by atoms with Gasteiger partial charge in [0.25, 0.3) is 10.0 Å². The second-order valence-electron chi connectivity index (χ2n) is 6.40. The predicted molar refractivity (Wildman–Crippen MR) is 115 cm³/mol. The molecular weight excluding hydrogens is 410 g/mol. The van der Waals surface area contributed by atoms with Crippen molar-refractivity contribution in [3.63, 3.8) is 0 Å². The van der Waals surface area contributed by atoms with Crippen molar-refractivity contribution in [1.29, 1.82) is 0 Å². The fourth-order valence-electron chi connectivity index (χ4n) is 2.55. The number of nitrogens with one attached hydrogen (secondary N) is 1. The summed E-state index contributed by atoms with van der Waals surface area (Å²) in [5.74, 6) is -0.281. The zero-order valence-electron chi connectivity index (χ0n) is 15.5. The average Bonchev–Trinajstić information content (AvgIpc) is 2.69. The summed E-state index contributed by atoms with van der Waals surface area (Å²) < 4.78 is 27.3. The van der Waals surface area contributed by atoms with Crippen LogP contribution < -0.4 is 4.72 Å². The summed E-state index contributed by atoms with van der Waals surface area (Å²) in [6.45, 7) is 1.88. The zero-order valence-corrected chi connectivity index (χ0v) is 17.0. The lowest BCUT2D eigenvalue weighted by Crippen LogP contribution is -2.13. The minimum absolute atomic E-state index is 0.0133. The molecule has 29 heavy (non-hydrogen) atoms. The van der Waals surface area contributed by atoms with Gasteiger partial charge in [-0.2, -0.15) is 0 Å². The molecule has 0 aromatic heterocycles. The molecule has 0 aliphatic rings. The van der Waals surface area contributed by atoms with Crippen LogP contribution in [-0.2, 0) is 10.0 Å². The lowest BCUT2D eigenvalue weighted by Gasteiger charge is -2.08. The number of rotatable bonds is 6. The molecule has 0 saturated heterocycles. The first kappa shape index (κ1) is 20.6. The molecule has 0 amide bonds. The third-order valence-corrected chi connectivity index (χ3v) is 5.79. The third-order valence-electron chi connectivity index (χ3n) is 4.16. The molecule has 0 aliphatic heterocycles. The molecule has 0 atom stereocenters. The highest BCUT2D eigenvalue weighted by Crippen LogP contribution is 2.23. The predicted octanol–water partition coefficient (Wildman–Crippen LogP) is 5.05. The summed E-state index contributed by atoms with van der Waals surface area (Å²) in [4.78, 5) is 12.5. The Morgan fingerprint density at radius 1 is 1.00 bits per heavy atom. The number of phenolic OH excluding ortho intramolecular Hbond substituents is 1. The Hall–Kier alpha value is -3.09. The van der Waals surface area contributed by atoms with E-state index < -0.39 is 10.0 Å². The number of ketones is 1. The number of hydrogen-bond donors (Lipinski definition) is 2. The van der Waals surface area contributed by atoms with Crippen LogP contribution in [-0.4, -0.2) is 19.3 Å². The highest BCUT2D eigenvalue weighted by Gasteiger charge is 2.14. The van der Waals surface area contributed by atoms with Gasteiger partial charge >= 0.3 is 0 Å². The second-order valence-corrected chi connectivity index (χ2v) is 8.52. The van der Waals surface area contributed by atoms with Crippen molar-refractivity contribution < 1.29 is 18.3 Å². The first-order valence-corrected chi connectivity index (χ1v) is 10.5. The maximum Gasteiger partial charge on any atom is 0.261 e. The Morgan fingerprint density at radius 2 is 1.66 bits per heavy atom. The van der Waals surface area contributed by atoms with Crippen LogP contribution in [0.15, 0.2) is 77.7 Å². The highest BCUT2D eigenvalue weighted by molar-refractivity contribution is 7.92. The lowest BCUT2D eigenvalue weighted by atomic mass is 10.1. The van der Waals surface area contributed by atoms with Gasteiger partial charge in [0.15, 0.2) is 5.78 Å². The summed E-state index contributed by atoms with van der Waals surface area (Å²) in [6.07, 6.45) is 2.79. The molecule has 0 aliphatic carbocycles. The van der Waals surface area contributed by atoms with E-state index in [1.807, 2.05) is 6.92 Å². The number of aryl methyl sites for hydroxylation is 1. The number of benzene rings is 3. The van der Waals surface area contributed by atoms with E-state index >= 15 is 0 Å². The molecule has 0 bridgehead atoms. The van der Waals surface area contributed by atoms with Crippen molar-refractivity contribution in [2.45, 2.75) is 11.8 Å². The summed E-state index contributed by atoms with van der Waals surface area (Å²) in [5.41, 5.74) is 2.11. The fraction of sp³-hybridized carbons (Fsp3) is 0.0455. The molecule has 3 aromatic rings. The lowest BCUT2D eigenvalue weighted by molar-refractivity contribution is 0.104. The Balaban J connectivity index is 1.72.